The van der Waals surface area contributed by atoms with Crippen LogP contribution in [0.5, 0.6) is 0 Å². The largest absolute Gasteiger partial charge is 0.461 e. The smallest absolute Gasteiger partial charge is 0.255 e. The van der Waals surface area contributed by atoms with E-state index in [2.05, 4.69) is 12.2 Å². The number of rotatable bonds is 3. The lowest BCUT2D eigenvalue weighted by Gasteiger charge is -2.10. The van der Waals surface area contributed by atoms with Gasteiger partial charge in [-0.2, -0.15) is 0 Å². The normalized spacial score (nSPS) is 15.3. The van der Waals surface area contributed by atoms with Gasteiger partial charge >= 0.3 is 0 Å². The third-order valence-corrected chi connectivity index (χ3v) is 4.19. The zero-order chi connectivity index (χ0) is 14.8. The van der Waals surface area contributed by atoms with E-state index in [1.165, 1.54) is 18.4 Å². The van der Waals surface area contributed by atoms with Gasteiger partial charge in [-0.25, -0.2) is 0 Å². The first-order chi connectivity index (χ1) is 10.1. The van der Waals surface area contributed by atoms with Gasteiger partial charge in [-0.3, -0.25) is 4.79 Å². The van der Waals surface area contributed by atoms with Gasteiger partial charge in [0.25, 0.3) is 5.91 Å². The standard InChI is InChI=1S/C18H21NO2/c1-12-7-9-14(10-8-12)17-11-16(13(2)21-17)18(20)19-15-5-3-4-6-15/h7-11,15H,3-6H2,1-2H3,(H,19,20). The van der Waals surface area contributed by atoms with Crippen LogP contribution in [-0.2, 0) is 0 Å². The van der Waals surface area contributed by atoms with Crippen LogP contribution in [0.1, 0.15) is 47.4 Å². The lowest BCUT2D eigenvalue weighted by Crippen LogP contribution is -2.32. The summed E-state index contributed by atoms with van der Waals surface area (Å²) in [6.45, 7) is 3.90. The van der Waals surface area contributed by atoms with Crippen molar-refractivity contribution in [3.8, 4) is 11.3 Å². The topological polar surface area (TPSA) is 42.2 Å². The van der Waals surface area contributed by atoms with Gasteiger partial charge in [0, 0.05) is 11.6 Å². The van der Waals surface area contributed by atoms with Crippen molar-refractivity contribution in [2.75, 3.05) is 0 Å². The van der Waals surface area contributed by atoms with Gasteiger partial charge in [0.15, 0.2) is 0 Å². The minimum atomic E-state index is -0.0125. The molecule has 3 rings (SSSR count). The van der Waals surface area contributed by atoms with Crippen LogP contribution in [0.15, 0.2) is 34.7 Å². The fraction of sp³-hybridized carbons (Fsp3) is 0.389. The molecule has 1 aliphatic rings. The molecule has 110 valence electrons. The van der Waals surface area contributed by atoms with Crippen LogP contribution in [0.2, 0.25) is 0 Å². The molecule has 21 heavy (non-hydrogen) atoms. The summed E-state index contributed by atoms with van der Waals surface area (Å²) in [5, 5.41) is 3.11. The molecule has 3 heteroatoms. The minimum absolute atomic E-state index is 0.0125. The molecule has 1 aromatic carbocycles. The Hall–Kier alpha value is -2.03. The number of aryl methyl sites for hydroxylation is 2. The van der Waals surface area contributed by atoms with Gasteiger partial charge in [0.05, 0.1) is 5.56 Å². The van der Waals surface area contributed by atoms with Crippen molar-refractivity contribution < 1.29 is 9.21 Å². The van der Waals surface area contributed by atoms with Crippen molar-refractivity contribution in [3.63, 3.8) is 0 Å². The van der Waals surface area contributed by atoms with Crippen LogP contribution >= 0.6 is 0 Å². The average molecular weight is 283 g/mol. The van der Waals surface area contributed by atoms with Gasteiger partial charge in [-0.05, 0) is 32.8 Å². The Bertz CT molecular complexity index is 634. The first-order valence-corrected chi connectivity index (χ1v) is 7.62. The van der Waals surface area contributed by atoms with E-state index >= 15 is 0 Å². The Kier molecular flexibility index (Phi) is 3.82. The molecule has 0 saturated heterocycles. The van der Waals surface area contributed by atoms with E-state index in [0.29, 0.717) is 17.4 Å². The number of hydrogen-bond donors (Lipinski definition) is 1. The molecule has 0 unspecified atom stereocenters. The van der Waals surface area contributed by atoms with Gasteiger partial charge in [0.2, 0.25) is 0 Å². The first kappa shape index (κ1) is 13.9. The van der Waals surface area contributed by atoms with Crippen LogP contribution in [0, 0.1) is 13.8 Å². The molecular formula is C18H21NO2. The molecule has 0 bridgehead atoms. The lowest BCUT2D eigenvalue weighted by molar-refractivity contribution is 0.0936. The maximum Gasteiger partial charge on any atom is 0.255 e. The van der Waals surface area contributed by atoms with Crippen molar-refractivity contribution in [2.45, 2.75) is 45.6 Å². The van der Waals surface area contributed by atoms with Crippen molar-refractivity contribution in [2.24, 2.45) is 0 Å². The second-order valence-electron chi connectivity index (χ2n) is 5.90. The summed E-state index contributed by atoms with van der Waals surface area (Å²) < 4.78 is 5.77. The molecule has 1 heterocycles. The molecule has 3 nitrogen and oxygen atoms in total. The monoisotopic (exact) mass is 283 g/mol. The summed E-state index contributed by atoms with van der Waals surface area (Å²) in [5.74, 6) is 1.42. The predicted molar refractivity (Wildman–Crippen MR) is 83.3 cm³/mol. The fourth-order valence-corrected chi connectivity index (χ4v) is 2.90. The van der Waals surface area contributed by atoms with Crippen LogP contribution in [0.3, 0.4) is 0 Å². The van der Waals surface area contributed by atoms with E-state index in [0.717, 1.165) is 24.2 Å². The van der Waals surface area contributed by atoms with Gasteiger partial charge < -0.3 is 9.73 Å². The maximum absolute atomic E-state index is 12.3. The summed E-state index contributed by atoms with van der Waals surface area (Å²) >= 11 is 0. The van der Waals surface area contributed by atoms with Crippen molar-refractivity contribution in [3.05, 3.63) is 47.2 Å². The van der Waals surface area contributed by atoms with Gasteiger partial charge in [-0.1, -0.05) is 42.7 Å². The molecule has 0 spiro atoms. The van der Waals surface area contributed by atoms with Gasteiger partial charge in [0.1, 0.15) is 11.5 Å². The number of carbonyl (C=O) groups excluding carboxylic acids is 1. The zero-order valence-electron chi connectivity index (χ0n) is 12.6. The Morgan fingerprint density at radius 1 is 1.14 bits per heavy atom. The zero-order valence-corrected chi connectivity index (χ0v) is 12.6. The van der Waals surface area contributed by atoms with E-state index in [9.17, 15) is 4.79 Å². The number of carbonyl (C=O) groups is 1. The summed E-state index contributed by atoms with van der Waals surface area (Å²) in [6, 6.07) is 10.3. The Morgan fingerprint density at radius 2 is 1.81 bits per heavy atom. The molecule has 1 N–H and O–H groups in total. The van der Waals surface area contributed by atoms with Crippen LogP contribution in [0.25, 0.3) is 11.3 Å². The summed E-state index contributed by atoms with van der Waals surface area (Å²) in [7, 11) is 0. The van der Waals surface area contributed by atoms with Crippen LogP contribution < -0.4 is 5.32 Å². The SMILES string of the molecule is Cc1ccc(-c2cc(C(=O)NC3CCCC3)c(C)o2)cc1. The molecule has 2 aromatic rings. The molecule has 1 aliphatic carbocycles. The highest BCUT2D eigenvalue weighted by molar-refractivity contribution is 5.96. The van der Waals surface area contributed by atoms with Crippen LogP contribution in [0.4, 0.5) is 0 Å². The van der Waals surface area contributed by atoms with E-state index < -0.39 is 0 Å². The fourth-order valence-electron chi connectivity index (χ4n) is 2.90. The van der Waals surface area contributed by atoms with E-state index in [4.69, 9.17) is 4.42 Å². The number of amides is 1. The third-order valence-electron chi connectivity index (χ3n) is 4.19. The van der Waals surface area contributed by atoms with Crippen molar-refractivity contribution in [1.82, 2.24) is 5.32 Å². The Balaban J connectivity index is 1.80. The van der Waals surface area contributed by atoms with Crippen molar-refractivity contribution >= 4 is 5.91 Å². The number of furan rings is 1. The lowest BCUT2D eigenvalue weighted by atomic mass is 10.1. The molecule has 1 saturated carbocycles. The quantitative estimate of drug-likeness (QED) is 0.915. The number of benzene rings is 1. The van der Waals surface area contributed by atoms with E-state index in [-0.39, 0.29) is 5.91 Å². The highest BCUT2D eigenvalue weighted by Crippen LogP contribution is 2.26. The number of nitrogens with one attached hydrogen (secondary N) is 1. The predicted octanol–water partition coefficient (Wildman–Crippen LogP) is 4.24. The minimum Gasteiger partial charge on any atom is -0.461 e. The molecule has 0 aliphatic heterocycles. The molecular weight excluding hydrogens is 262 g/mol. The van der Waals surface area contributed by atoms with Crippen LogP contribution in [-0.4, -0.2) is 11.9 Å². The van der Waals surface area contributed by atoms with Gasteiger partial charge in [-0.15, -0.1) is 0 Å². The maximum atomic E-state index is 12.3. The highest BCUT2D eigenvalue weighted by Gasteiger charge is 2.21. The van der Waals surface area contributed by atoms with E-state index in [1.807, 2.05) is 37.3 Å². The summed E-state index contributed by atoms with van der Waals surface area (Å²) in [6.07, 6.45) is 4.61. The molecule has 1 amide bonds. The average Bonchev–Trinajstić information content (AvgIpc) is 3.09. The molecule has 1 aromatic heterocycles. The Morgan fingerprint density at radius 3 is 2.48 bits per heavy atom. The van der Waals surface area contributed by atoms with E-state index in [1.54, 1.807) is 0 Å². The second-order valence-corrected chi connectivity index (χ2v) is 5.90. The van der Waals surface area contributed by atoms with Crippen molar-refractivity contribution in [1.29, 1.82) is 0 Å². The summed E-state index contributed by atoms with van der Waals surface area (Å²) in [5.41, 5.74) is 2.86. The second kappa shape index (κ2) is 5.76. The third kappa shape index (κ3) is 3.02. The Labute approximate surface area is 125 Å². The number of hydrogen-bond acceptors (Lipinski definition) is 2. The highest BCUT2D eigenvalue weighted by atomic mass is 16.3. The molecule has 0 radical (unpaired) electrons. The summed E-state index contributed by atoms with van der Waals surface area (Å²) in [4.78, 5) is 12.3. The first-order valence-electron chi connectivity index (χ1n) is 7.62. The molecule has 1 fully saturated rings. The molecule has 0 atom stereocenters.